The molecule has 1 unspecified atom stereocenters. The normalized spacial score (nSPS) is 19.0. The quantitative estimate of drug-likeness (QED) is 0.887. The van der Waals surface area contributed by atoms with Crippen molar-refractivity contribution >= 4 is 6.09 Å². The van der Waals surface area contributed by atoms with Crippen molar-refractivity contribution in [1.29, 1.82) is 0 Å². The Morgan fingerprint density at radius 3 is 2.78 bits per heavy atom. The smallest absolute Gasteiger partial charge is 0.409 e. The minimum Gasteiger partial charge on any atom is -0.449 e. The standard InChI is InChI=1S/C14H19NO3/c1-11-2-4-12(5-3-11)7-9-18-14(17)15-8-6-13(16)10-15/h2-5,13,16H,6-10H2,1H3. The number of hydrogen-bond acceptors (Lipinski definition) is 3. The Morgan fingerprint density at radius 1 is 1.44 bits per heavy atom. The number of likely N-dealkylation sites (tertiary alicyclic amines) is 1. The highest BCUT2D eigenvalue weighted by molar-refractivity contribution is 5.68. The first-order valence-electron chi connectivity index (χ1n) is 6.30. The molecule has 1 heterocycles. The second-order valence-corrected chi connectivity index (χ2v) is 4.74. The van der Waals surface area contributed by atoms with E-state index in [1.165, 1.54) is 5.56 Å². The van der Waals surface area contributed by atoms with Crippen LogP contribution in [0.3, 0.4) is 0 Å². The summed E-state index contributed by atoms with van der Waals surface area (Å²) < 4.78 is 5.18. The number of nitrogens with zero attached hydrogens (tertiary/aromatic N) is 1. The molecule has 1 N–H and O–H groups in total. The van der Waals surface area contributed by atoms with Crippen molar-refractivity contribution in [1.82, 2.24) is 4.90 Å². The predicted octanol–water partition coefficient (Wildman–Crippen LogP) is 1.74. The molecule has 0 bridgehead atoms. The van der Waals surface area contributed by atoms with Gasteiger partial charge in [-0.25, -0.2) is 4.79 Å². The molecule has 0 aromatic heterocycles. The average Bonchev–Trinajstić information content (AvgIpc) is 2.78. The third-order valence-electron chi connectivity index (χ3n) is 3.16. The lowest BCUT2D eigenvalue weighted by Gasteiger charge is -2.15. The van der Waals surface area contributed by atoms with E-state index in [0.717, 1.165) is 12.0 Å². The number of β-amino-alcohol motifs (C(OH)–C–C–N with tert-alkyl or cyclic N) is 1. The Morgan fingerprint density at radius 2 is 2.17 bits per heavy atom. The third-order valence-corrected chi connectivity index (χ3v) is 3.16. The van der Waals surface area contributed by atoms with Gasteiger partial charge in [0, 0.05) is 19.5 Å². The first kappa shape index (κ1) is 12.9. The van der Waals surface area contributed by atoms with Crippen molar-refractivity contribution in [3.63, 3.8) is 0 Å². The summed E-state index contributed by atoms with van der Waals surface area (Å²) in [5, 5.41) is 9.33. The topological polar surface area (TPSA) is 49.8 Å². The number of aliphatic hydroxyl groups excluding tert-OH is 1. The molecule has 1 atom stereocenters. The van der Waals surface area contributed by atoms with E-state index in [1.807, 2.05) is 31.2 Å². The Hall–Kier alpha value is -1.55. The fourth-order valence-corrected chi connectivity index (χ4v) is 2.01. The van der Waals surface area contributed by atoms with E-state index < -0.39 is 6.10 Å². The summed E-state index contributed by atoms with van der Waals surface area (Å²) >= 11 is 0. The fraction of sp³-hybridized carbons (Fsp3) is 0.500. The maximum absolute atomic E-state index is 11.6. The van der Waals surface area contributed by atoms with E-state index in [1.54, 1.807) is 4.90 Å². The van der Waals surface area contributed by atoms with Crippen molar-refractivity contribution in [3.05, 3.63) is 35.4 Å². The number of carbonyl (C=O) groups is 1. The van der Waals surface area contributed by atoms with Crippen LogP contribution in [0.15, 0.2) is 24.3 Å². The first-order valence-corrected chi connectivity index (χ1v) is 6.30. The van der Waals surface area contributed by atoms with Gasteiger partial charge in [0.1, 0.15) is 0 Å². The van der Waals surface area contributed by atoms with Gasteiger partial charge in [-0.05, 0) is 18.9 Å². The molecule has 18 heavy (non-hydrogen) atoms. The van der Waals surface area contributed by atoms with E-state index in [4.69, 9.17) is 4.74 Å². The molecule has 0 aliphatic carbocycles. The molecule has 0 spiro atoms. The Kier molecular flexibility index (Phi) is 4.20. The summed E-state index contributed by atoms with van der Waals surface area (Å²) in [6.07, 6.45) is 0.656. The number of hydrogen-bond donors (Lipinski definition) is 1. The van der Waals surface area contributed by atoms with Gasteiger partial charge in [0.25, 0.3) is 0 Å². The van der Waals surface area contributed by atoms with Crippen molar-refractivity contribution in [2.45, 2.75) is 25.9 Å². The lowest BCUT2D eigenvalue weighted by atomic mass is 10.1. The monoisotopic (exact) mass is 249 g/mol. The van der Waals surface area contributed by atoms with E-state index in [0.29, 0.717) is 26.1 Å². The highest BCUT2D eigenvalue weighted by Gasteiger charge is 2.25. The zero-order valence-corrected chi connectivity index (χ0v) is 10.6. The molecule has 2 rings (SSSR count). The van der Waals surface area contributed by atoms with E-state index >= 15 is 0 Å². The van der Waals surface area contributed by atoms with Gasteiger partial charge >= 0.3 is 6.09 Å². The molecule has 1 aromatic carbocycles. The number of aryl methyl sites for hydroxylation is 1. The number of carbonyl (C=O) groups excluding carboxylic acids is 1. The second-order valence-electron chi connectivity index (χ2n) is 4.74. The summed E-state index contributed by atoms with van der Waals surface area (Å²) in [6, 6.07) is 8.19. The van der Waals surface area contributed by atoms with Crippen LogP contribution in [0.25, 0.3) is 0 Å². The largest absolute Gasteiger partial charge is 0.449 e. The van der Waals surface area contributed by atoms with Gasteiger partial charge in [-0.15, -0.1) is 0 Å². The van der Waals surface area contributed by atoms with Crippen molar-refractivity contribution in [2.75, 3.05) is 19.7 Å². The molecule has 1 saturated heterocycles. The first-order chi connectivity index (χ1) is 8.65. The van der Waals surface area contributed by atoms with Crippen LogP contribution >= 0.6 is 0 Å². The van der Waals surface area contributed by atoms with Gasteiger partial charge in [-0.3, -0.25) is 0 Å². The summed E-state index contributed by atoms with van der Waals surface area (Å²) in [7, 11) is 0. The molecule has 4 heteroatoms. The number of aliphatic hydroxyl groups is 1. The minimum absolute atomic E-state index is 0.321. The summed E-state index contributed by atoms with van der Waals surface area (Å²) in [5.74, 6) is 0. The molecular formula is C14H19NO3. The molecule has 1 aliphatic rings. The van der Waals surface area contributed by atoms with Gasteiger partial charge in [0.2, 0.25) is 0 Å². The molecule has 4 nitrogen and oxygen atoms in total. The highest BCUT2D eigenvalue weighted by atomic mass is 16.6. The maximum Gasteiger partial charge on any atom is 0.409 e. The lowest BCUT2D eigenvalue weighted by molar-refractivity contribution is 0.104. The van der Waals surface area contributed by atoms with Gasteiger partial charge < -0.3 is 14.7 Å². The average molecular weight is 249 g/mol. The number of benzene rings is 1. The predicted molar refractivity (Wildman–Crippen MR) is 68.4 cm³/mol. The molecular weight excluding hydrogens is 230 g/mol. The fourth-order valence-electron chi connectivity index (χ4n) is 2.01. The van der Waals surface area contributed by atoms with Crippen LogP contribution in [0.4, 0.5) is 4.79 Å². The second kappa shape index (κ2) is 5.87. The summed E-state index contributed by atoms with van der Waals surface area (Å²) in [4.78, 5) is 13.2. The Labute approximate surface area is 107 Å². The van der Waals surface area contributed by atoms with Gasteiger partial charge in [-0.2, -0.15) is 0 Å². The van der Waals surface area contributed by atoms with Crippen LogP contribution in [0.1, 0.15) is 17.5 Å². The van der Waals surface area contributed by atoms with Crippen LogP contribution in [-0.4, -0.2) is 41.9 Å². The third kappa shape index (κ3) is 3.47. The Balaban J connectivity index is 1.72. The van der Waals surface area contributed by atoms with Crippen LogP contribution in [0, 0.1) is 6.92 Å². The number of amides is 1. The van der Waals surface area contributed by atoms with Gasteiger partial charge in [-0.1, -0.05) is 29.8 Å². The van der Waals surface area contributed by atoms with Crippen molar-refractivity contribution < 1.29 is 14.6 Å². The SMILES string of the molecule is Cc1ccc(CCOC(=O)N2CCC(O)C2)cc1. The Bertz CT molecular complexity index is 402. The van der Waals surface area contributed by atoms with Gasteiger partial charge in [0.15, 0.2) is 0 Å². The van der Waals surface area contributed by atoms with Crippen molar-refractivity contribution in [2.24, 2.45) is 0 Å². The molecule has 1 fully saturated rings. The molecule has 1 aromatic rings. The molecule has 0 radical (unpaired) electrons. The van der Waals surface area contributed by atoms with Crippen LogP contribution in [-0.2, 0) is 11.2 Å². The van der Waals surface area contributed by atoms with Crippen molar-refractivity contribution in [3.8, 4) is 0 Å². The zero-order valence-electron chi connectivity index (χ0n) is 10.6. The van der Waals surface area contributed by atoms with Crippen LogP contribution in [0.5, 0.6) is 0 Å². The zero-order chi connectivity index (χ0) is 13.0. The number of rotatable bonds is 3. The maximum atomic E-state index is 11.6. The van der Waals surface area contributed by atoms with E-state index in [9.17, 15) is 9.90 Å². The summed E-state index contributed by atoms with van der Waals surface area (Å²) in [6.45, 7) is 3.41. The van der Waals surface area contributed by atoms with E-state index in [2.05, 4.69) is 0 Å². The number of ether oxygens (including phenoxy) is 1. The summed E-state index contributed by atoms with van der Waals surface area (Å²) in [5.41, 5.74) is 2.39. The lowest BCUT2D eigenvalue weighted by Crippen LogP contribution is -2.30. The highest BCUT2D eigenvalue weighted by Crippen LogP contribution is 2.10. The van der Waals surface area contributed by atoms with Crippen LogP contribution < -0.4 is 0 Å². The van der Waals surface area contributed by atoms with Crippen LogP contribution in [0.2, 0.25) is 0 Å². The van der Waals surface area contributed by atoms with Gasteiger partial charge in [0.05, 0.1) is 12.7 Å². The molecule has 98 valence electrons. The molecule has 1 amide bonds. The molecule has 1 aliphatic heterocycles. The molecule has 0 saturated carbocycles. The minimum atomic E-state index is -0.394. The van der Waals surface area contributed by atoms with E-state index in [-0.39, 0.29) is 6.09 Å².